The van der Waals surface area contributed by atoms with Crippen LogP contribution in [-0.4, -0.2) is 18.2 Å². The van der Waals surface area contributed by atoms with Crippen LogP contribution in [0.4, 0.5) is 0 Å². The molecule has 0 fully saturated rings. The number of carboxylic acids is 1. The van der Waals surface area contributed by atoms with Gasteiger partial charge in [0.1, 0.15) is 5.75 Å². The largest absolute Gasteiger partial charge is 0.496 e. The lowest BCUT2D eigenvalue weighted by Crippen LogP contribution is -2.01. The molecule has 0 unspecified atom stereocenters. The fraction of sp³-hybridized carbons (Fsp3) is 0.308. The smallest absolute Gasteiger partial charge is 0.335 e. The molecule has 0 amide bonds. The third-order valence-electron chi connectivity index (χ3n) is 2.48. The fourth-order valence-electron chi connectivity index (χ4n) is 1.43. The number of aliphatic carboxylic acids is 1. The summed E-state index contributed by atoms with van der Waals surface area (Å²) in [6.07, 6.45) is 0. The lowest BCUT2D eigenvalue weighted by atomic mass is 9.98. The van der Waals surface area contributed by atoms with Crippen molar-refractivity contribution in [1.82, 2.24) is 0 Å². The Morgan fingerprint density at radius 2 is 2.06 bits per heavy atom. The highest BCUT2D eigenvalue weighted by Crippen LogP contribution is 2.29. The number of carbonyl (C=O) groups is 1. The Hall–Kier alpha value is -1.77. The van der Waals surface area contributed by atoms with Crippen molar-refractivity contribution in [1.29, 1.82) is 0 Å². The Morgan fingerprint density at radius 3 is 2.50 bits per heavy atom. The van der Waals surface area contributed by atoms with Crippen molar-refractivity contribution in [2.75, 3.05) is 7.11 Å². The molecule has 0 aliphatic heterocycles. The van der Waals surface area contributed by atoms with Crippen LogP contribution in [0.1, 0.15) is 30.9 Å². The summed E-state index contributed by atoms with van der Waals surface area (Å²) in [6.45, 7) is 7.67. The van der Waals surface area contributed by atoms with Gasteiger partial charge in [-0.1, -0.05) is 32.6 Å². The van der Waals surface area contributed by atoms with Crippen LogP contribution in [0.15, 0.2) is 24.8 Å². The van der Waals surface area contributed by atoms with Crippen LogP contribution >= 0.6 is 0 Å². The number of hydrogen-bond donors (Lipinski definition) is 1. The molecule has 0 heterocycles. The molecule has 86 valence electrons. The molecule has 0 aliphatic rings. The summed E-state index contributed by atoms with van der Waals surface area (Å²) in [6, 6.07) is 5.50. The Morgan fingerprint density at radius 1 is 1.44 bits per heavy atom. The van der Waals surface area contributed by atoms with Crippen LogP contribution in [0, 0.1) is 0 Å². The predicted molar refractivity (Wildman–Crippen MR) is 63.8 cm³/mol. The summed E-state index contributed by atoms with van der Waals surface area (Å²) >= 11 is 0. The second-order valence-electron chi connectivity index (χ2n) is 3.90. The minimum absolute atomic E-state index is 0.0483. The summed E-state index contributed by atoms with van der Waals surface area (Å²) < 4.78 is 5.18. The molecule has 0 saturated carbocycles. The molecule has 0 radical (unpaired) electrons. The Labute approximate surface area is 95.4 Å². The van der Waals surface area contributed by atoms with Gasteiger partial charge in [0, 0.05) is 5.56 Å². The van der Waals surface area contributed by atoms with E-state index in [-0.39, 0.29) is 5.57 Å². The van der Waals surface area contributed by atoms with E-state index < -0.39 is 5.97 Å². The monoisotopic (exact) mass is 220 g/mol. The summed E-state index contributed by atoms with van der Waals surface area (Å²) in [7, 11) is 1.53. The van der Waals surface area contributed by atoms with E-state index in [0.717, 1.165) is 5.56 Å². The van der Waals surface area contributed by atoms with Gasteiger partial charge < -0.3 is 9.84 Å². The van der Waals surface area contributed by atoms with Crippen LogP contribution in [0.25, 0.3) is 5.57 Å². The molecule has 1 aromatic carbocycles. The summed E-state index contributed by atoms with van der Waals surface area (Å²) in [5.74, 6) is -0.102. The summed E-state index contributed by atoms with van der Waals surface area (Å²) in [5.41, 5.74) is 1.69. The number of carboxylic acid groups (broad SMARTS) is 1. The molecular formula is C13H16O3. The molecule has 3 heteroatoms. The van der Waals surface area contributed by atoms with Crippen molar-refractivity contribution in [3.05, 3.63) is 35.9 Å². The van der Waals surface area contributed by atoms with E-state index in [1.807, 2.05) is 12.1 Å². The zero-order chi connectivity index (χ0) is 12.3. The molecule has 1 rings (SSSR count). The van der Waals surface area contributed by atoms with Crippen molar-refractivity contribution in [2.24, 2.45) is 0 Å². The zero-order valence-electron chi connectivity index (χ0n) is 9.78. The minimum atomic E-state index is -1.03. The first-order chi connectivity index (χ1) is 7.47. The molecule has 0 aliphatic carbocycles. The first-order valence-corrected chi connectivity index (χ1v) is 5.08. The van der Waals surface area contributed by atoms with Gasteiger partial charge in [0.15, 0.2) is 0 Å². The van der Waals surface area contributed by atoms with Crippen LogP contribution < -0.4 is 4.74 Å². The second kappa shape index (κ2) is 4.84. The molecule has 1 aromatic rings. The first-order valence-electron chi connectivity index (χ1n) is 5.08. The van der Waals surface area contributed by atoms with Crippen molar-refractivity contribution in [3.8, 4) is 5.75 Å². The predicted octanol–water partition coefficient (Wildman–Crippen LogP) is 2.92. The maximum Gasteiger partial charge on any atom is 0.335 e. The van der Waals surface area contributed by atoms with Crippen LogP contribution in [0.2, 0.25) is 0 Å². The molecule has 3 nitrogen and oxygen atoms in total. The fourth-order valence-corrected chi connectivity index (χ4v) is 1.43. The van der Waals surface area contributed by atoms with Crippen LogP contribution in [0.5, 0.6) is 5.75 Å². The molecule has 0 atom stereocenters. The van der Waals surface area contributed by atoms with Crippen molar-refractivity contribution in [2.45, 2.75) is 19.8 Å². The summed E-state index contributed by atoms with van der Waals surface area (Å²) in [5, 5.41) is 8.88. The van der Waals surface area contributed by atoms with Crippen molar-refractivity contribution >= 4 is 11.5 Å². The molecular weight excluding hydrogens is 204 g/mol. The Balaban J connectivity index is 3.22. The van der Waals surface area contributed by atoms with E-state index in [2.05, 4.69) is 20.4 Å². The Kier molecular flexibility index (Phi) is 3.72. The van der Waals surface area contributed by atoms with E-state index >= 15 is 0 Å². The van der Waals surface area contributed by atoms with E-state index in [0.29, 0.717) is 17.2 Å². The summed E-state index contributed by atoms with van der Waals surface area (Å²) in [4.78, 5) is 10.8. The van der Waals surface area contributed by atoms with Gasteiger partial charge in [-0.15, -0.1) is 0 Å². The molecule has 16 heavy (non-hydrogen) atoms. The van der Waals surface area contributed by atoms with Gasteiger partial charge in [-0.25, -0.2) is 4.79 Å². The number of hydrogen-bond acceptors (Lipinski definition) is 2. The number of ether oxygens (including phenoxy) is 1. The number of rotatable bonds is 4. The molecule has 0 spiro atoms. The van der Waals surface area contributed by atoms with Crippen molar-refractivity contribution in [3.63, 3.8) is 0 Å². The van der Waals surface area contributed by atoms with Gasteiger partial charge in [0.05, 0.1) is 12.7 Å². The number of benzene rings is 1. The highest BCUT2D eigenvalue weighted by atomic mass is 16.5. The third kappa shape index (κ3) is 2.42. The van der Waals surface area contributed by atoms with Gasteiger partial charge in [-0.3, -0.25) is 0 Å². The average Bonchev–Trinajstić information content (AvgIpc) is 2.26. The van der Waals surface area contributed by atoms with Gasteiger partial charge in [0.2, 0.25) is 0 Å². The lowest BCUT2D eigenvalue weighted by Gasteiger charge is -2.12. The SMILES string of the molecule is C=C(C(=O)O)c1ccc(C(C)C)cc1OC. The van der Waals surface area contributed by atoms with E-state index in [9.17, 15) is 4.79 Å². The highest BCUT2D eigenvalue weighted by molar-refractivity contribution is 6.15. The lowest BCUT2D eigenvalue weighted by molar-refractivity contribution is -0.130. The van der Waals surface area contributed by atoms with E-state index in [1.165, 1.54) is 7.11 Å². The molecule has 0 aromatic heterocycles. The van der Waals surface area contributed by atoms with E-state index in [4.69, 9.17) is 9.84 Å². The average molecular weight is 220 g/mol. The van der Waals surface area contributed by atoms with E-state index in [1.54, 1.807) is 6.07 Å². The quantitative estimate of drug-likeness (QED) is 0.793. The minimum Gasteiger partial charge on any atom is -0.496 e. The highest BCUT2D eigenvalue weighted by Gasteiger charge is 2.13. The molecule has 1 N–H and O–H groups in total. The first kappa shape index (κ1) is 12.3. The van der Waals surface area contributed by atoms with Gasteiger partial charge >= 0.3 is 5.97 Å². The molecule has 0 saturated heterocycles. The zero-order valence-corrected chi connectivity index (χ0v) is 9.78. The van der Waals surface area contributed by atoms with Gasteiger partial charge in [-0.05, 0) is 17.5 Å². The number of methoxy groups -OCH3 is 1. The topological polar surface area (TPSA) is 46.5 Å². The Bertz CT molecular complexity index is 419. The maximum absolute atomic E-state index is 10.8. The third-order valence-corrected chi connectivity index (χ3v) is 2.48. The van der Waals surface area contributed by atoms with Crippen LogP contribution in [0.3, 0.4) is 0 Å². The normalized spacial score (nSPS) is 10.2. The maximum atomic E-state index is 10.8. The van der Waals surface area contributed by atoms with Gasteiger partial charge in [0.25, 0.3) is 0 Å². The second-order valence-corrected chi connectivity index (χ2v) is 3.90. The molecule has 0 bridgehead atoms. The van der Waals surface area contributed by atoms with Crippen LogP contribution in [-0.2, 0) is 4.79 Å². The van der Waals surface area contributed by atoms with Gasteiger partial charge in [-0.2, -0.15) is 0 Å². The van der Waals surface area contributed by atoms with Crippen molar-refractivity contribution < 1.29 is 14.6 Å². The standard InChI is InChI=1S/C13H16O3/c1-8(2)10-5-6-11(9(3)13(14)15)12(7-10)16-4/h5-8H,3H2,1-2,4H3,(H,14,15).